The Bertz CT molecular complexity index is 883. The van der Waals surface area contributed by atoms with E-state index < -0.39 is 5.91 Å². The molecule has 126 valence electrons. The fourth-order valence-electron chi connectivity index (χ4n) is 1.93. The number of nitriles is 1. The average Bonchev–Trinajstić information content (AvgIpc) is 2.58. The second kappa shape index (κ2) is 7.99. The van der Waals surface area contributed by atoms with E-state index in [2.05, 4.69) is 10.6 Å². The molecule has 0 spiro atoms. The van der Waals surface area contributed by atoms with Crippen molar-refractivity contribution in [2.75, 3.05) is 16.4 Å². The number of ketones is 1. The molecule has 2 aromatic rings. The number of Topliss-reactive ketones (excluding diaryl/α,β-unsaturated/α-hetero) is 1. The van der Waals surface area contributed by atoms with Crippen molar-refractivity contribution in [3.8, 4) is 6.07 Å². The van der Waals surface area contributed by atoms with E-state index in [0.717, 1.165) is 0 Å². The molecular weight excluding hydrogens is 340 g/mol. The Morgan fingerprint density at radius 3 is 2.44 bits per heavy atom. The van der Waals surface area contributed by atoms with Crippen LogP contribution in [0.5, 0.6) is 0 Å². The van der Waals surface area contributed by atoms with Crippen LogP contribution in [0.15, 0.2) is 54.2 Å². The molecule has 0 fully saturated rings. The Morgan fingerprint density at radius 2 is 1.88 bits per heavy atom. The molecule has 1 amide bonds. The van der Waals surface area contributed by atoms with Gasteiger partial charge in [0.2, 0.25) is 0 Å². The summed E-state index contributed by atoms with van der Waals surface area (Å²) >= 11 is 5.99. The second-order valence-corrected chi connectivity index (χ2v) is 5.55. The zero-order chi connectivity index (χ0) is 18.4. The maximum atomic E-state index is 12.2. The fraction of sp³-hybridized carbons (Fsp3) is 0.0556. The van der Waals surface area contributed by atoms with Gasteiger partial charge in [-0.3, -0.25) is 9.59 Å². The summed E-state index contributed by atoms with van der Waals surface area (Å²) in [5.41, 5.74) is 7.49. The zero-order valence-corrected chi connectivity index (χ0v) is 14.1. The minimum Gasteiger partial charge on any atom is -0.399 e. The van der Waals surface area contributed by atoms with Crippen molar-refractivity contribution in [2.24, 2.45) is 0 Å². The predicted molar refractivity (Wildman–Crippen MR) is 98.3 cm³/mol. The van der Waals surface area contributed by atoms with Crippen LogP contribution < -0.4 is 16.4 Å². The van der Waals surface area contributed by atoms with Crippen molar-refractivity contribution in [2.45, 2.75) is 6.92 Å². The Morgan fingerprint density at radius 1 is 1.20 bits per heavy atom. The largest absolute Gasteiger partial charge is 0.399 e. The molecule has 0 atom stereocenters. The molecule has 0 aromatic heterocycles. The lowest BCUT2D eigenvalue weighted by Gasteiger charge is -2.08. The van der Waals surface area contributed by atoms with Gasteiger partial charge in [0.1, 0.15) is 11.6 Å². The Hall–Kier alpha value is -3.30. The molecule has 0 aliphatic rings. The number of halogens is 1. The second-order valence-electron chi connectivity index (χ2n) is 5.14. The number of carbonyl (C=O) groups is 2. The minimum atomic E-state index is -0.609. The molecule has 25 heavy (non-hydrogen) atoms. The van der Waals surface area contributed by atoms with Crippen LogP contribution >= 0.6 is 11.6 Å². The third-order valence-corrected chi connectivity index (χ3v) is 3.59. The van der Waals surface area contributed by atoms with Gasteiger partial charge in [0, 0.05) is 23.1 Å². The van der Waals surface area contributed by atoms with Gasteiger partial charge < -0.3 is 16.4 Å². The van der Waals surface area contributed by atoms with E-state index in [4.69, 9.17) is 22.6 Å². The summed E-state index contributed by atoms with van der Waals surface area (Å²) in [4.78, 5) is 23.4. The molecule has 4 N–H and O–H groups in total. The molecular formula is C18H15ClN4O2. The van der Waals surface area contributed by atoms with Crippen LogP contribution in [0.25, 0.3) is 0 Å². The number of nitrogens with two attached hydrogens (primary N) is 1. The Balaban J connectivity index is 2.09. The van der Waals surface area contributed by atoms with Crippen molar-refractivity contribution in [3.05, 3.63) is 64.8 Å². The van der Waals surface area contributed by atoms with Gasteiger partial charge in [0.25, 0.3) is 5.91 Å². The topological polar surface area (TPSA) is 108 Å². The number of nitrogens with one attached hydrogen (secondary N) is 2. The third-order valence-electron chi connectivity index (χ3n) is 3.28. The lowest BCUT2D eigenvalue weighted by molar-refractivity contribution is -0.112. The zero-order valence-electron chi connectivity index (χ0n) is 13.3. The molecule has 2 aromatic carbocycles. The average molecular weight is 355 g/mol. The number of hydrogen-bond donors (Lipinski definition) is 3. The van der Waals surface area contributed by atoms with Crippen LogP contribution in [0.1, 0.15) is 17.3 Å². The molecule has 0 bridgehead atoms. The maximum Gasteiger partial charge on any atom is 0.267 e. The van der Waals surface area contributed by atoms with Gasteiger partial charge in [-0.05, 0) is 49.4 Å². The lowest BCUT2D eigenvalue weighted by atomic mass is 10.1. The first-order chi connectivity index (χ1) is 11.9. The van der Waals surface area contributed by atoms with E-state index in [9.17, 15) is 9.59 Å². The van der Waals surface area contributed by atoms with E-state index in [0.29, 0.717) is 22.6 Å². The fourth-order valence-corrected chi connectivity index (χ4v) is 2.16. The quantitative estimate of drug-likeness (QED) is 0.329. The van der Waals surface area contributed by atoms with Crippen LogP contribution in [-0.2, 0) is 4.79 Å². The summed E-state index contributed by atoms with van der Waals surface area (Å²) in [5.74, 6) is -0.651. The highest BCUT2D eigenvalue weighted by Gasteiger charge is 2.11. The van der Waals surface area contributed by atoms with E-state index in [1.165, 1.54) is 19.2 Å². The molecule has 0 aliphatic heterocycles. The van der Waals surface area contributed by atoms with Crippen molar-refractivity contribution < 1.29 is 9.59 Å². The molecule has 0 unspecified atom stereocenters. The van der Waals surface area contributed by atoms with Gasteiger partial charge in [-0.25, -0.2) is 0 Å². The van der Waals surface area contributed by atoms with Crippen LogP contribution in [0.4, 0.5) is 17.1 Å². The highest BCUT2D eigenvalue weighted by molar-refractivity contribution is 6.34. The van der Waals surface area contributed by atoms with E-state index in [1.54, 1.807) is 36.4 Å². The third kappa shape index (κ3) is 4.83. The molecule has 2 rings (SSSR count). The smallest absolute Gasteiger partial charge is 0.267 e. The molecule has 0 saturated carbocycles. The molecule has 0 radical (unpaired) electrons. The summed E-state index contributed by atoms with van der Waals surface area (Å²) in [7, 11) is 0. The molecule has 7 heteroatoms. The van der Waals surface area contributed by atoms with Crippen molar-refractivity contribution in [1.82, 2.24) is 0 Å². The summed E-state index contributed by atoms with van der Waals surface area (Å²) in [6.45, 7) is 1.47. The van der Waals surface area contributed by atoms with Crippen LogP contribution in [0.3, 0.4) is 0 Å². The van der Waals surface area contributed by atoms with Gasteiger partial charge >= 0.3 is 0 Å². The first kappa shape index (κ1) is 18.0. The Kier molecular flexibility index (Phi) is 5.77. The molecule has 6 nitrogen and oxygen atoms in total. The number of nitrogens with zero attached hydrogens (tertiary/aromatic N) is 1. The van der Waals surface area contributed by atoms with E-state index in [-0.39, 0.29) is 16.4 Å². The number of hydrogen-bond acceptors (Lipinski definition) is 5. The molecule has 0 aliphatic carbocycles. The number of amides is 1. The SMILES string of the molecule is CC(=O)c1ccc(N/C=C(/C#N)C(=O)Nc2ccc(N)cc2Cl)cc1. The van der Waals surface area contributed by atoms with Crippen molar-refractivity contribution in [1.29, 1.82) is 5.26 Å². The Labute approximate surface area is 149 Å². The number of carbonyl (C=O) groups excluding carboxylic acids is 2. The summed E-state index contributed by atoms with van der Waals surface area (Å²) < 4.78 is 0. The van der Waals surface area contributed by atoms with Crippen molar-refractivity contribution >= 4 is 40.4 Å². The number of rotatable bonds is 5. The van der Waals surface area contributed by atoms with Crippen LogP contribution in [-0.4, -0.2) is 11.7 Å². The normalized spacial score (nSPS) is 10.7. The number of anilines is 3. The predicted octanol–water partition coefficient (Wildman–Crippen LogP) is 3.58. The first-order valence-electron chi connectivity index (χ1n) is 7.25. The lowest BCUT2D eigenvalue weighted by Crippen LogP contribution is -2.15. The summed E-state index contributed by atoms with van der Waals surface area (Å²) in [6.07, 6.45) is 1.28. The maximum absolute atomic E-state index is 12.2. The van der Waals surface area contributed by atoms with E-state index in [1.807, 2.05) is 6.07 Å². The standard InChI is InChI=1S/C18H15ClN4O2/c1-11(24)12-2-5-15(6-3-12)22-10-13(9-20)18(25)23-17-7-4-14(21)8-16(17)19/h2-8,10,22H,21H2,1H3,(H,23,25)/b13-10-. The minimum absolute atomic E-state index is 0.0421. The monoisotopic (exact) mass is 354 g/mol. The highest BCUT2D eigenvalue weighted by atomic mass is 35.5. The first-order valence-corrected chi connectivity index (χ1v) is 7.62. The van der Waals surface area contributed by atoms with Gasteiger partial charge in [-0.2, -0.15) is 5.26 Å². The van der Waals surface area contributed by atoms with E-state index >= 15 is 0 Å². The number of nitrogen functional groups attached to an aromatic ring is 1. The highest BCUT2D eigenvalue weighted by Crippen LogP contribution is 2.24. The molecule has 0 heterocycles. The summed E-state index contributed by atoms with van der Waals surface area (Å²) in [5, 5.41) is 14.8. The van der Waals surface area contributed by atoms with Gasteiger partial charge in [-0.1, -0.05) is 11.6 Å². The van der Waals surface area contributed by atoms with Gasteiger partial charge in [0.05, 0.1) is 10.7 Å². The van der Waals surface area contributed by atoms with Crippen LogP contribution in [0.2, 0.25) is 5.02 Å². The number of benzene rings is 2. The summed E-state index contributed by atoms with van der Waals surface area (Å²) in [6, 6.07) is 13.1. The van der Waals surface area contributed by atoms with Crippen LogP contribution in [0, 0.1) is 11.3 Å². The molecule has 0 saturated heterocycles. The van der Waals surface area contributed by atoms with Crippen molar-refractivity contribution in [3.63, 3.8) is 0 Å². The van der Waals surface area contributed by atoms with Gasteiger partial charge in [0.15, 0.2) is 5.78 Å². The van der Waals surface area contributed by atoms with Gasteiger partial charge in [-0.15, -0.1) is 0 Å².